The van der Waals surface area contributed by atoms with E-state index in [-0.39, 0.29) is 18.2 Å². The van der Waals surface area contributed by atoms with Crippen LogP contribution in [0, 0.1) is 5.82 Å². The van der Waals surface area contributed by atoms with Crippen molar-refractivity contribution in [2.45, 2.75) is 44.1 Å². The molecule has 6 heteroatoms. The van der Waals surface area contributed by atoms with Crippen LogP contribution in [-0.2, 0) is 12.7 Å². The Kier molecular flexibility index (Phi) is 3.92. The SMILES string of the molecule is Fc1ccc(CNC2CCN(C3CC3)C2)c(C(F)(F)F)c1. The molecule has 116 valence electrons. The molecule has 1 aromatic rings. The Morgan fingerprint density at radius 2 is 1.95 bits per heavy atom. The monoisotopic (exact) mass is 302 g/mol. The Balaban J connectivity index is 1.62. The van der Waals surface area contributed by atoms with Crippen molar-refractivity contribution in [3.63, 3.8) is 0 Å². The molecule has 1 N–H and O–H groups in total. The topological polar surface area (TPSA) is 15.3 Å². The third kappa shape index (κ3) is 3.55. The molecule has 2 fully saturated rings. The minimum Gasteiger partial charge on any atom is -0.309 e. The zero-order valence-corrected chi connectivity index (χ0v) is 11.6. The van der Waals surface area contributed by atoms with Crippen LogP contribution in [-0.4, -0.2) is 30.1 Å². The highest BCUT2D eigenvalue weighted by Crippen LogP contribution is 2.33. The van der Waals surface area contributed by atoms with Crippen LogP contribution in [0.5, 0.6) is 0 Å². The largest absolute Gasteiger partial charge is 0.416 e. The predicted molar refractivity (Wildman–Crippen MR) is 71.2 cm³/mol. The summed E-state index contributed by atoms with van der Waals surface area (Å²) in [5, 5.41) is 3.18. The van der Waals surface area contributed by atoms with E-state index in [0.717, 1.165) is 25.6 Å². The van der Waals surface area contributed by atoms with Crippen LogP contribution < -0.4 is 5.32 Å². The molecule has 3 rings (SSSR count). The molecule has 2 aliphatic rings. The van der Waals surface area contributed by atoms with Gasteiger partial charge in [0, 0.05) is 31.7 Å². The lowest BCUT2D eigenvalue weighted by Crippen LogP contribution is -2.33. The maximum atomic E-state index is 13.0. The van der Waals surface area contributed by atoms with Gasteiger partial charge in [0.1, 0.15) is 5.82 Å². The summed E-state index contributed by atoms with van der Waals surface area (Å²) < 4.78 is 51.7. The normalized spacial score (nSPS) is 23.7. The third-order valence-electron chi connectivity index (χ3n) is 4.24. The van der Waals surface area contributed by atoms with E-state index < -0.39 is 17.6 Å². The second kappa shape index (κ2) is 5.57. The number of nitrogens with one attached hydrogen (secondary N) is 1. The van der Waals surface area contributed by atoms with Crippen molar-refractivity contribution >= 4 is 0 Å². The molecule has 2 nitrogen and oxygen atoms in total. The molecule has 0 radical (unpaired) electrons. The predicted octanol–water partition coefficient (Wildman–Crippen LogP) is 3.17. The average molecular weight is 302 g/mol. The zero-order chi connectivity index (χ0) is 15.0. The second-order valence-electron chi connectivity index (χ2n) is 5.89. The third-order valence-corrected chi connectivity index (χ3v) is 4.24. The van der Waals surface area contributed by atoms with Crippen molar-refractivity contribution in [2.24, 2.45) is 0 Å². The number of rotatable bonds is 4. The van der Waals surface area contributed by atoms with Gasteiger partial charge in [-0.25, -0.2) is 4.39 Å². The number of hydrogen-bond acceptors (Lipinski definition) is 2. The summed E-state index contributed by atoms with van der Waals surface area (Å²) in [6.07, 6.45) is -1.08. The number of benzene rings is 1. The summed E-state index contributed by atoms with van der Waals surface area (Å²) in [5.74, 6) is -0.855. The maximum Gasteiger partial charge on any atom is 0.416 e. The molecular formula is C15H18F4N2. The van der Waals surface area contributed by atoms with Crippen LogP contribution >= 0.6 is 0 Å². The van der Waals surface area contributed by atoms with Gasteiger partial charge in [0.15, 0.2) is 0 Å². The number of alkyl halides is 3. The highest BCUT2D eigenvalue weighted by atomic mass is 19.4. The first kappa shape index (κ1) is 14.8. The molecule has 0 amide bonds. The number of likely N-dealkylation sites (tertiary alicyclic amines) is 1. The Bertz CT molecular complexity index is 511. The van der Waals surface area contributed by atoms with E-state index in [1.807, 2.05) is 0 Å². The van der Waals surface area contributed by atoms with Gasteiger partial charge in [-0.1, -0.05) is 6.07 Å². The fourth-order valence-corrected chi connectivity index (χ4v) is 2.95. The molecule has 0 aromatic heterocycles. The standard InChI is InChI=1S/C15H18F4N2/c16-11-2-1-10(14(7-11)15(17,18)19)8-20-12-5-6-21(9-12)13-3-4-13/h1-2,7,12-13,20H,3-6,8-9H2. The summed E-state index contributed by atoms with van der Waals surface area (Å²) in [4.78, 5) is 2.40. The van der Waals surface area contributed by atoms with Gasteiger partial charge >= 0.3 is 6.18 Å². The smallest absolute Gasteiger partial charge is 0.309 e. The molecule has 1 aliphatic carbocycles. The van der Waals surface area contributed by atoms with E-state index >= 15 is 0 Å². The number of halogens is 4. The van der Waals surface area contributed by atoms with E-state index in [4.69, 9.17) is 0 Å². The van der Waals surface area contributed by atoms with Gasteiger partial charge in [-0.2, -0.15) is 13.2 Å². The average Bonchev–Trinajstić information content (AvgIpc) is 3.16. The Morgan fingerprint density at radius 3 is 2.62 bits per heavy atom. The molecule has 1 atom stereocenters. The molecule has 0 spiro atoms. The van der Waals surface area contributed by atoms with Crippen LogP contribution in [0.4, 0.5) is 17.6 Å². The van der Waals surface area contributed by atoms with Crippen LogP contribution in [0.3, 0.4) is 0 Å². The van der Waals surface area contributed by atoms with E-state index in [0.29, 0.717) is 12.1 Å². The quantitative estimate of drug-likeness (QED) is 0.860. The number of nitrogens with zero attached hydrogens (tertiary/aromatic N) is 1. The van der Waals surface area contributed by atoms with Crippen LogP contribution in [0.15, 0.2) is 18.2 Å². The van der Waals surface area contributed by atoms with Crippen molar-refractivity contribution < 1.29 is 17.6 Å². The van der Waals surface area contributed by atoms with Crippen molar-refractivity contribution in [1.29, 1.82) is 0 Å². The van der Waals surface area contributed by atoms with Gasteiger partial charge < -0.3 is 5.32 Å². The summed E-state index contributed by atoms with van der Waals surface area (Å²) in [5.41, 5.74) is -0.777. The van der Waals surface area contributed by atoms with Crippen LogP contribution in [0.2, 0.25) is 0 Å². The Morgan fingerprint density at radius 1 is 1.19 bits per heavy atom. The fraction of sp³-hybridized carbons (Fsp3) is 0.600. The van der Waals surface area contributed by atoms with Gasteiger partial charge in [-0.15, -0.1) is 0 Å². The Hall–Kier alpha value is -1.14. The zero-order valence-electron chi connectivity index (χ0n) is 11.6. The molecular weight excluding hydrogens is 284 g/mol. The summed E-state index contributed by atoms with van der Waals surface area (Å²) >= 11 is 0. The van der Waals surface area contributed by atoms with E-state index in [2.05, 4.69) is 10.2 Å². The van der Waals surface area contributed by atoms with Crippen molar-refractivity contribution in [2.75, 3.05) is 13.1 Å². The lowest BCUT2D eigenvalue weighted by molar-refractivity contribution is -0.138. The van der Waals surface area contributed by atoms with E-state index in [1.54, 1.807) is 0 Å². The molecule has 1 heterocycles. The fourth-order valence-electron chi connectivity index (χ4n) is 2.95. The number of hydrogen-bond donors (Lipinski definition) is 1. The summed E-state index contributed by atoms with van der Waals surface area (Å²) in [6.45, 7) is 2.03. The molecule has 1 aromatic carbocycles. The Labute approximate surface area is 121 Å². The molecule has 1 saturated carbocycles. The van der Waals surface area contributed by atoms with Crippen molar-refractivity contribution in [1.82, 2.24) is 10.2 Å². The lowest BCUT2D eigenvalue weighted by Gasteiger charge is -2.18. The van der Waals surface area contributed by atoms with Gasteiger partial charge in [-0.3, -0.25) is 4.90 Å². The van der Waals surface area contributed by atoms with Gasteiger partial charge in [0.05, 0.1) is 5.56 Å². The van der Waals surface area contributed by atoms with Gasteiger partial charge in [0.2, 0.25) is 0 Å². The first-order chi connectivity index (χ1) is 9.93. The molecule has 1 aliphatic heterocycles. The first-order valence-corrected chi connectivity index (χ1v) is 7.26. The van der Waals surface area contributed by atoms with Gasteiger partial charge in [0.25, 0.3) is 0 Å². The van der Waals surface area contributed by atoms with Gasteiger partial charge in [-0.05, 0) is 37.0 Å². The molecule has 0 bridgehead atoms. The molecule has 21 heavy (non-hydrogen) atoms. The van der Waals surface area contributed by atoms with Crippen molar-refractivity contribution in [3.8, 4) is 0 Å². The first-order valence-electron chi connectivity index (χ1n) is 7.26. The summed E-state index contributed by atoms with van der Waals surface area (Å²) in [7, 11) is 0. The van der Waals surface area contributed by atoms with E-state index in [9.17, 15) is 17.6 Å². The minimum atomic E-state index is -4.52. The summed E-state index contributed by atoms with van der Waals surface area (Å²) in [6, 6.07) is 3.78. The van der Waals surface area contributed by atoms with Crippen LogP contribution in [0.25, 0.3) is 0 Å². The molecule has 1 saturated heterocycles. The highest BCUT2D eigenvalue weighted by molar-refractivity contribution is 5.30. The highest BCUT2D eigenvalue weighted by Gasteiger charge is 2.35. The van der Waals surface area contributed by atoms with E-state index in [1.165, 1.54) is 18.9 Å². The van der Waals surface area contributed by atoms with Crippen LogP contribution in [0.1, 0.15) is 30.4 Å². The lowest BCUT2D eigenvalue weighted by atomic mass is 10.1. The maximum absolute atomic E-state index is 13.0. The minimum absolute atomic E-state index is 0.105. The van der Waals surface area contributed by atoms with Crippen molar-refractivity contribution in [3.05, 3.63) is 35.1 Å². The second-order valence-corrected chi connectivity index (χ2v) is 5.89. The molecule has 1 unspecified atom stereocenters.